The number of morpholine rings is 1. The number of hydrogen-bond donors (Lipinski definition) is 1. The Balaban J connectivity index is 1.51. The standard InChI is InChI=1S/C17H31N3O2/c1-14-5-2-3-8-19(14)11-15-6-4-9-20(12-15)17(21)16-13-22-10-7-18-16/h14-16,18H,2-13H2,1H3/t14-,15+,16+/m1/s1. The molecule has 0 spiro atoms. The number of nitrogens with zero attached hydrogens (tertiary/aromatic N) is 2. The zero-order valence-corrected chi connectivity index (χ0v) is 13.9. The molecule has 3 saturated heterocycles. The van der Waals surface area contributed by atoms with E-state index in [0.717, 1.165) is 32.7 Å². The summed E-state index contributed by atoms with van der Waals surface area (Å²) < 4.78 is 5.44. The van der Waals surface area contributed by atoms with E-state index in [1.165, 1.54) is 38.8 Å². The van der Waals surface area contributed by atoms with Crippen LogP contribution in [-0.2, 0) is 9.53 Å². The SMILES string of the molecule is C[C@@H]1CCCCN1C[C@@H]1CCCN(C(=O)[C@@H]2COCCN2)C1. The third-order valence-corrected chi connectivity index (χ3v) is 5.48. The molecule has 0 aromatic heterocycles. The van der Waals surface area contributed by atoms with E-state index in [-0.39, 0.29) is 11.9 Å². The molecule has 0 bridgehead atoms. The fourth-order valence-electron chi connectivity index (χ4n) is 4.12. The van der Waals surface area contributed by atoms with Crippen molar-refractivity contribution in [1.29, 1.82) is 0 Å². The van der Waals surface area contributed by atoms with Gasteiger partial charge < -0.3 is 19.9 Å². The van der Waals surface area contributed by atoms with Crippen molar-refractivity contribution in [1.82, 2.24) is 15.1 Å². The maximum atomic E-state index is 12.6. The van der Waals surface area contributed by atoms with Gasteiger partial charge in [0.2, 0.25) is 5.91 Å². The number of piperidine rings is 2. The molecule has 126 valence electrons. The van der Waals surface area contributed by atoms with Gasteiger partial charge in [-0.2, -0.15) is 0 Å². The van der Waals surface area contributed by atoms with E-state index in [1.807, 2.05) is 0 Å². The van der Waals surface area contributed by atoms with Gasteiger partial charge >= 0.3 is 0 Å². The van der Waals surface area contributed by atoms with Crippen LogP contribution in [0.5, 0.6) is 0 Å². The zero-order chi connectivity index (χ0) is 15.4. The van der Waals surface area contributed by atoms with Crippen LogP contribution >= 0.6 is 0 Å². The van der Waals surface area contributed by atoms with Gasteiger partial charge in [-0.15, -0.1) is 0 Å². The molecule has 1 amide bonds. The smallest absolute Gasteiger partial charge is 0.242 e. The first-order valence-corrected chi connectivity index (χ1v) is 9.08. The van der Waals surface area contributed by atoms with Gasteiger partial charge in [0.1, 0.15) is 6.04 Å². The van der Waals surface area contributed by atoms with Gasteiger partial charge in [0, 0.05) is 32.2 Å². The maximum Gasteiger partial charge on any atom is 0.242 e. The Morgan fingerprint density at radius 3 is 2.91 bits per heavy atom. The van der Waals surface area contributed by atoms with Gasteiger partial charge in [0.25, 0.3) is 0 Å². The Kier molecular flexibility index (Phi) is 5.71. The fraction of sp³-hybridized carbons (Fsp3) is 0.941. The molecule has 3 aliphatic heterocycles. The summed E-state index contributed by atoms with van der Waals surface area (Å²) in [6, 6.07) is 0.592. The summed E-state index contributed by atoms with van der Waals surface area (Å²) in [5, 5.41) is 3.29. The minimum Gasteiger partial charge on any atom is -0.378 e. The summed E-state index contributed by atoms with van der Waals surface area (Å²) in [5.41, 5.74) is 0. The van der Waals surface area contributed by atoms with Crippen LogP contribution in [0.15, 0.2) is 0 Å². The van der Waals surface area contributed by atoms with Crippen LogP contribution in [0.1, 0.15) is 39.0 Å². The summed E-state index contributed by atoms with van der Waals surface area (Å²) in [7, 11) is 0. The fourth-order valence-corrected chi connectivity index (χ4v) is 4.12. The topological polar surface area (TPSA) is 44.8 Å². The zero-order valence-electron chi connectivity index (χ0n) is 13.9. The number of ether oxygens (including phenoxy) is 1. The van der Waals surface area contributed by atoms with Crippen LogP contribution < -0.4 is 5.32 Å². The largest absolute Gasteiger partial charge is 0.378 e. The van der Waals surface area contributed by atoms with E-state index in [0.29, 0.717) is 18.6 Å². The molecule has 5 nitrogen and oxygen atoms in total. The number of hydrogen-bond acceptors (Lipinski definition) is 4. The lowest BCUT2D eigenvalue weighted by Crippen LogP contribution is -2.55. The van der Waals surface area contributed by atoms with Crippen molar-refractivity contribution >= 4 is 5.91 Å². The molecule has 0 aromatic carbocycles. The predicted molar refractivity (Wildman–Crippen MR) is 86.8 cm³/mol. The first-order chi connectivity index (χ1) is 10.7. The number of amides is 1. The molecular weight excluding hydrogens is 278 g/mol. The van der Waals surface area contributed by atoms with Crippen molar-refractivity contribution in [3.63, 3.8) is 0 Å². The molecule has 3 fully saturated rings. The highest BCUT2D eigenvalue weighted by atomic mass is 16.5. The van der Waals surface area contributed by atoms with E-state index in [4.69, 9.17) is 4.74 Å². The first kappa shape index (κ1) is 16.2. The van der Waals surface area contributed by atoms with Crippen LogP contribution in [0.3, 0.4) is 0 Å². The third-order valence-electron chi connectivity index (χ3n) is 5.48. The van der Waals surface area contributed by atoms with E-state index in [1.54, 1.807) is 0 Å². The quantitative estimate of drug-likeness (QED) is 0.847. The van der Waals surface area contributed by atoms with Crippen LogP contribution in [0, 0.1) is 5.92 Å². The van der Waals surface area contributed by atoms with Gasteiger partial charge in [0.15, 0.2) is 0 Å². The molecule has 1 N–H and O–H groups in total. The summed E-state index contributed by atoms with van der Waals surface area (Å²) in [6.07, 6.45) is 6.45. The second-order valence-electron chi connectivity index (χ2n) is 7.21. The molecule has 3 aliphatic rings. The predicted octanol–water partition coefficient (Wildman–Crippen LogP) is 1.09. The van der Waals surface area contributed by atoms with Crippen LogP contribution in [-0.4, -0.2) is 73.7 Å². The third kappa shape index (κ3) is 4.00. The molecule has 0 aliphatic carbocycles. The summed E-state index contributed by atoms with van der Waals surface area (Å²) in [5.74, 6) is 0.888. The first-order valence-electron chi connectivity index (χ1n) is 9.08. The molecule has 5 heteroatoms. The van der Waals surface area contributed by atoms with Gasteiger partial charge in [-0.1, -0.05) is 6.42 Å². The average Bonchev–Trinajstić information content (AvgIpc) is 2.57. The maximum absolute atomic E-state index is 12.6. The minimum absolute atomic E-state index is 0.124. The van der Waals surface area contributed by atoms with Crippen molar-refractivity contribution in [2.24, 2.45) is 5.92 Å². The molecular formula is C17H31N3O2. The molecule has 0 aromatic rings. The second-order valence-corrected chi connectivity index (χ2v) is 7.21. The summed E-state index contributed by atoms with van der Waals surface area (Å²) in [6.45, 7) is 8.65. The van der Waals surface area contributed by atoms with E-state index < -0.39 is 0 Å². The molecule has 22 heavy (non-hydrogen) atoms. The lowest BCUT2D eigenvalue weighted by molar-refractivity contribution is -0.138. The highest BCUT2D eigenvalue weighted by Gasteiger charge is 2.31. The van der Waals surface area contributed by atoms with E-state index in [2.05, 4.69) is 22.0 Å². The van der Waals surface area contributed by atoms with Gasteiger partial charge in [-0.05, 0) is 45.1 Å². The normalized spacial score (nSPS) is 34.6. The molecule has 3 rings (SSSR count). The summed E-state index contributed by atoms with van der Waals surface area (Å²) in [4.78, 5) is 17.3. The Morgan fingerprint density at radius 2 is 2.14 bits per heavy atom. The Bertz CT molecular complexity index is 371. The van der Waals surface area contributed by atoms with Crippen molar-refractivity contribution in [3.8, 4) is 0 Å². The van der Waals surface area contributed by atoms with Gasteiger partial charge in [-0.25, -0.2) is 0 Å². The van der Waals surface area contributed by atoms with E-state index >= 15 is 0 Å². The van der Waals surface area contributed by atoms with Crippen LogP contribution in [0.2, 0.25) is 0 Å². The monoisotopic (exact) mass is 309 g/mol. The van der Waals surface area contributed by atoms with Crippen molar-refractivity contribution < 1.29 is 9.53 Å². The summed E-state index contributed by atoms with van der Waals surface area (Å²) >= 11 is 0. The average molecular weight is 309 g/mol. The van der Waals surface area contributed by atoms with E-state index in [9.17, 15) is 4.79 Å². The molecule has 0 radical (unpaired) electrons. The number of rotatable bonds is 3. The molecule has 0 saturated carbocycles. The highest BCUT2D eigenvalue weighted by Crippen LogP contribution is 2.23. The molecule has 3 heterocycles. The van der Waals surface area contributed by atoms with Crippen molar-refractivity contribution in [2.45, 2.75) is 51.1 Å². The van der Waals surface area contributed by atoms with Crippen LogP contribution in [0.25, 0.3) is 0 Å². The van der Waals surface area contributed by atoms with Crippen molar-refractivity contribution in [3.05, 3.63) is 0 Å². The highest BCUT2D eigenvalue weighted by molar-refractivity contribution is 5.82. The second kappa shape index (κ2) is 7.75. The number of carbonyl (C=O) groups is 1. The Morgan fingerprint density at radius 1 is 1.23 bits per heavy atom. The lowest BCUT2D eigenvalue weighted by Gasteiger charge is -2.40. The van der Waals surface area contributed by atoms with Crippen molar-refractivity contribution in [2.75, 3.05) is 45.9 Å². The lowest BCUT2D eigenvalue weighted by atomic mass is 9.94. The number of carbonyl (C=O) groups excluding carboxylic acids is 1. The van der Waals surface area contributed by atoms with Gasteiger partial charge in [-0.3, -0.25) is 4.79 Å². The number of likely N-dealkylation sites (tertiary alicyclic amines) is 2. The molecule has 0 unspecified atom stereocenters. The molecule has 3 atom stereocenters. The number of nitrogens with one attached hydrogen (secondary N) is 1. The Labute approximate surface area is 134 Å². The Hall–Kier alpha value is -0.650. The van der Waals surface area contributed by atoms with Crippen LogP contribution in [0.4, 0.5) is 0 Å². The minimum atomic E-state index is -0.124. The van der Waals surface area contributed by atoms with Gasteiger partial charge in [0.05, 0.1) is 13.2 Å².